The third-order valence-corrected chi connectivity index (χ3v) is 6.99. The maximum atomic E-state index is 13.7. The molecule has 192 valence electrons. The smallest absolute Gasteiger partial charge is 0.256 e. The topological polar surface area (TPSA) is 101 Å². The number of benzene rings is 2. The van der Waals surface area contributed by atoms with Crippen LogP contribution in [0.4, 0.5) is 0 Å². The van der Waals surface area contributed by atoms with Crippen LogP contribution >= 0.6 is 0 Å². The van der Waals surface area contributed by atoms with Crippen molar-refractivity contribution in [2.75, 3.05) is 26.8 Å². The van der Waals surface area contributed by atoms with Gasteiger partial charge in [0.1, 0.15) is 23.3 Å². The summed E-state index contributed by atoms with van der Waals surface area (Å²) in [6, 6.07) is 18.6. The third-order valence-electron chi connectivity index (χ3n) is 6.99. The lowest BCUT2D eigenvalue weighted by Gasteiger charge is -2.44. The third kappa shape index (κ3) is 4.95. The molecule has 0 radical (unpaired) electrons. The van der Waals surface area contributed by atoms with Crippen LogP contribution in [-0.4, -0.2) is 66.1 Å². The first-order chi connectivity index (χ1) is 18.0. The Morgan fingerprint density at radius 2 is 1.65 bits per heavy atom. The van der Waals surface area contributed by atoms with E-state index in [2.05, 4.69) is 5.32 Å². The van der Waals surface area contributed by atoms with E-state index in [1.807, 2.05) is 6.07 Å². The number of piperidine rings is 1. The highest BCUT2D eigenvalue weighted by molar-refractivity contribution is 5.98. The Kier molecular flexibility index (Phi) is 6.96. The van der Waals surface area contributed by atoms with Crippen LogP contribution < -0.4 is 10.1 Å². The van der Waals surface area contributed by atoms with Crippen LogP contribution in [-0.2, 0) is 16.1 Å². The fourth-order valence-corrected chi connectivity index (χ4v) is 4.97. The molecule has 2 aliphatic rings. The number of furan rings is 1. The molecule has 37 heavy (non-hydrogen) atoms. The van der Waals surface area contributed by atoms with Crippen molar-refractivity contribution >= 4 is 17.7 Å². The van der Waals surface area contributed by atoms with Crippen molar-refractivity contribution in [3.05, 3.63) is 89.9 Å². The average molecular weight is 504 g/mol. The molecule has 1 atom stereocenters. The van der Waals surface area contributed by atoms with Crippen LogP contribution in [0.1, 0.15) is 39.3 Å². The number of nitrogens with zero attached hydrogens (tertiary/aromatic N) is 2. The zero-order chi connectivity index (χ0) is 25.8. The van der Waals surface area contributed by atoms with Crippen molar-refractivity contribution in [2.24, 2.45) is 0 Å². The minimum absolute atomic E-state index is 0.0784. The summed E-state index contributed by atoms with van der Waals surface area (Å²) in [5, 5.41) is 2.86. The summed E-state index contributed by atoms with van der Waals surface area (Å²) in [6.45, 7) is 1.08. The second-order valence-electron chi connectivity index (χ2n) is 9.13. The first-order valence-corrected chi connectivity index (χ1v) is 12.3. The van der Waals surface area contributed by atoms with Crippen molar-refractivity contribution in [3.63, 3.8) is 0 Å². The van der Waals surface area contributed by atoms with Crippen LogP contribution in [0, 0.1) is 0 Å². The molecule has 1 N–H and O–H groups in total. The summed E-state index contributed by atoms with van der Waals surface area (Å²) < 4.78 is 16.7. The van der Waals surface area contributed by atoms with Crippen molar-refractivity contribution in [2.45, 2.75) is 31.2 Å². The van der Waals surface area contributed by atoms with Crippen molar-refractivity contribution in [1.82, 2.24) is 15.1 Å². The van der Waals surface area contributed by atoms with E-state index < -0.39 is 11.8 Å². The lowest BCUT2D eigenvalue weighted by atomic mass is 9.96. The van der Waals surface area contributed by atoms with E-state index in [1.165, 1.54) is 0 Å². The predicted octanol–water partition coefficient (Wildman–Crippen LogP) is 3.08. The average Bonchev–Trinajstić information content (AvgIpc) is 3.60. The molecule has 9 nitrogen and oxygen atoms in total. The minimum atomic E-state index is -0.976. The van der Waals surface area contributed by atoms with Gasteiger partial charge in [-0.05, 0) is 48.5 Å². The largest absolute Gasteiger partial charge is 0.497 e. The van der Waals surface area contributed by atoms with Crippen molar-refractivity contribution in [1.29, 1.82) is 0 Å². The normalized spacial score (nSPS) is 18.6. The van der Waals surface area contributed by atoms with Gasteiger partial charge in [-0.1, -0.05) is 18.2 Å². The lowest BCUT2D eigenvalue weighted by Crippen LogP contribution is -2.59. The molecule has 0 saturated carbocycles. The summed E-state index contributed by atoms with van der Waals surface area (Å²) >= 11 is 0. The van der Waals surface area contributed by atoms with Crippen molar-refractivity contribution < 1.29 is 28.3 Å². The first-order valence-electron chi connectivity index (χ1n) is 12.3. The molecule has 3 heterocycles. The number of nitrogens with one attached hydrogen (secondary N) is 1. The molecular formula is C28H29N3O6. The monoisotopic (exact) mass is 503 g/mol. The van der Waals surface area contributed by atoms with Crippen molar-refractivity contribution in [3.8, 4) is 5.75 Å². The molecule has 2 aliphatic heterocycles. The molecular weight excluding hydrogens is 474 g/mol. The second kappa shape index (κ2) is 10.5. The molecule has 5 rings (SSSR count). The molecule has 1 aromatic heterocycles. The van der Waals surface area contributed by atoms with E-state index in [0.717, 1.165) is 0 Å². The number of ether oxygens (including phenoxy) is 2. The predicted molar refractivity (Wildman–Crippen MR) is 134 cm³/mol. The van der Waals surface area contributed by atoms with Crippen LogP contribution in [0.5, 0.6) is 5.75 Å². The molecule has 1 unspecified atom stereocenters. The van der Waals surface area contributed by atoms with Gasteiger partial charge in [-0.2, -0.15) is 0 Å². The number of hydrogen-bond acceptors (Lipinski definition) is 6. The molecule has 1 spiro atoms. The maximum Gasteiger partial charge on any atom is 0.256 e. The number of carbonyl (C=O) groups is 3. The number of amides is 3. The zero-order valence-corrected chi connectivity index (χ0v) is 20.6. The van der Waals surface area contributed by atoms with Gasteiger partial charge in [0.05, 0.1) is 26.5 Å². The Morgan fingerprint density at radius 1 is 0.946 bits per heavy atom. The van der Waals surface area contributed by atoms with Gasteiger partial charge in [0.15, 0.2) is 0 Å². The van der Waals surface area contributed by atoms with E-state index >= 15 is 0 Å². The molecule has 2 fully saturated rings. The Bertz CT molecular complexity index is 1230. The van der Waals surface area contributed by atoms with E-state index in [1.54, 1.807) is 83.8 Å². The Labute approximate surface area is 214 Å². The minimum Gasteiger partial charge on any atom is -0.497 e. The van der Waals surface area contributed by atoms with E-state index in [9.17, 15) is 14.4 Å². The van der Waals surface area contributed by atoms with E-state index in [0.29, 0.717) is 48.6 Å². The van der Waals surface area contributed by atoms with Gasteiger partial charge in [0.2, 0.25) is 5.91 Å². The highest BCUT2D eigenvalue weighted by Gasteiger charge is 2.54. The number of rotatable bonds is 6. The number of likely N-dealkylation sites (tertiary alicyclic amines) is 1. The van der Waals surface area contributed by atoms with Gasteiger partial charge < -0.3 is 24.1 Å². The molecule has 3 amide bonds. The number of carbonyl (C=O) groups excluding carboxylic acids is 3. The van der Waals surface area contributed by atoms with Gasteiger partial charge in [0, 0.05) is 37.1 Å². The SMILES string of the molecule is COc1ccc(C(=O)N2CCC3(CC2)OCC(C(=O)NCc2ccco2)N3C(=O)c2ccccc2)cc1. The van der Waals surface area contributed by atoms with Gasteiger partial charge in [0.25, 0.3) is 11.8 Å². The molecule has 9 heteroatoms. The van der Waals surface area contributed by atoms with Crippen LogP contribution in [0.3, 0.4) is 0 Å². The fraction of sp³-hybridized carbons (Fsp3) is 0.321. The molecule has 2 saturated heterocycles. The summed E-state index contributed by atoms with van der Waals surface area (Å²) in [6.07, 6.45) is 2.34. The molecule has 0 aliphatic carbocycles. The fourth-order valence-electron chi connectivity index (χ4n) is 4.97. The summed E-state index contributed by atoms with van der Waals surface area (Å²) in [5.74, 6) is 0.623. The number of hydrogen-bond donors (Lipinski definition) is 1. The Morgan fingerprint density at radius 3 is 2.30 bits per heavy atom. The highest BCUT2D eigenvalue weighted by Crippen LogP contribution is 2.39. The van der Waals surface area contributed by atoms with Crippen LogP contribution in [0.2, 0.25) is 0 Å². The standard InChI is InChI=1S/C28H29N3O6/c1-35-22-11-9-21(10-12-22)26(33)30-15-13-28(14-16-30)31(27(34)20-6-3-2-4-7-20)24(19-37-28)25(32)29-18-23-8-5-17-36-23/h2-12,17,24H,13-16,18-19H2,1H3,(H,29,32). The van der Waals surface area contributed by atoms with Gasteiger partial charge >= 0.3 is 0 Å². The maximum absolute atomic E-state index is 13.7. The molecule has 3 aromatic rings. The highest BCUT2D eigenvalue weighted by atomic mass is 16.5. The van der Waals surface area contributed by atoms with Crippen LogP contribution in [0.25, 0.3) is 0 Å². The van der Waals surface area contributed by atoms with E-state index in [4.69, 9.17) is 13.9 Å². The van der Waals surface area contributed by atoms with Gasteiger partial charge in [-0.15, -0.1) is 0 Å². The Hall–Kier alpha value is -4.11. The zero-order valence-electron chi connectivity index (χ0n) is 20.6. The second-order valence-corrected chi connectivity index (χ2v) is 9.13. The van der Waals surface area contributed by atoms with Gasteiger partial charge in [-0.3, -0.25) is 19.3 Å². The van der Waals surface area contributed by atoms with Gasteiger partial charge in [-0.25, -0.2) is 0 Å². The first kappa shape index (κ1) is 24.6. The molecule has 2 aromatic carbocycles. The van der Waals surface area contributed by atoms with E-state index in [-0.39, 0.29) is 30.9 Å². The quantitative estimate of drug-likeness (QED) is 0.555. The summed E-state index contributed by atoms with van der Waals surface area (Å²) in [5.41, 5.74) is 0.0699. The summed E-state index contributed by atoms with van der Waals surface area (Å²) in [7, 11) is 1.58. The lowest BCUT2D eigenvalue weighted by molar-refractivity contribution is -0.128. The number of methoxy groups -OCH3 is 1. The Balaban J connectivity index is 1.34. The van der Waals surface area contributed by atoms with Crippen LogP contribution in [0.15, 0.2) is 77.4 Å². The summed E-state index contributed by atoms with van der Waals surface area (Å²) in [4.78, 5) is 43.4. The molecule has 0 bridgehead atoms.